The van der Waals surface area contributed by atoms with Crippen molar-refractivity contribution in [1.29, 1.82) is 0 Å². The molecule has 2 fully saturated rings. The van der Waals surface area contributed by atoms with Gasteiger partial charge in [-0.15, -0.1) is 11.8 Å². The van der Waals surface area contributed by atoms with E-state index in [2.05, 4.69) is 0 Å². The van der Waals surface area contributed by atoms with Crippen molar-refractivity contribution in [1.82, 2.24) is 4.90 Å². The largest absolute Gasteiger partial charge is 0.480 e. The summed E-state index contributed by atoms with van der Waals surface area (Å²) in [5, 5.41) is 8.83. The van der Waals surface area contributed by atoms with E-state index >= 15 is 0 Å². The van der Waals surface area contributed by atoms with Gasteiger partial charge < -0.3 is 14.8 Å². The molecule has 0 aromatic heterocycles. The molecule has 1 N–H and O–H groups in total. The lowest BCUT2D eigenvalue weighted by atomic mass is 9.98. The molecular formula is C8H9NO4S. The van der Waals surface area contributed by atoms with Crippen molar-refractivity contribution in [3.8, 4) is 0 Å². The number of nitrogens with zero attached hydrogens (tertiary/aromatic N) is 1. The van der Waals surface area contributed by atoms with Crippen molar-refractivity contribution in [3.05, 3.63) is 0 Å². The van der Waals surface area contributed by atoms with E-state index in [0.717, 1.165) is 0 Å². The highest BCUT2D eigenvalue weighted by atomic mass is 32.2. The van der Waals surface area contributed by atoms with Crippen molar-refractivity contribution < 1.29 is 19.5 Å². The Morgan fingerprint density at radius 2 is 2.43 bits per heavy atom. The van der Waals surface area contributed by atoms with Crippen LogP contribution in [0.1, 0.15) is 13.3 Å². The molecule has 0 bridgehead atoms. The van der Waals surface area contributed by atoms with Crippen molar-refractivity contribution in [2.45, 2.75) is 29.5 Å². The van der Waals surface area contributed by atoms with Crippen LogP contribution in [-0.2, 0) is 14.4 Å². The first-order valence-electron chi connectivity index (χ1n) is 4.18. The Morgan fingerprint density at radius 3 is 2.86 bits per heavy atom. The fourth-order valence-corrected chi connectivity index (χ4v) is 3.46. The second kappa shape index (κ2) is 2.73. The normalized spacial score (nSPS) is 40.4. The molecule has 0 radical (unpaired) electrons. The topological polar surface area (TPSA) is 74.7 Å². The van der Waals surface area contributed by atoms with E-state index in [-0.39, 0.29) is 11.3 Å². The van der Waals surface area contributed by atoms with Crippen molar-refractivity contribution in [3.63, 3.8) is 0 Å². The molecule has 0 aromatic rings. The molecule has 76 valence electrons. The minimum atomic E-state index is -1.11. The van der Waals surface area contributed by atoms with E-state index in [0.29, 0.717) is 12.7 Å². The first-order valence-corrected chi connectivity index (χ1v) is 5.05. The average molecular weight is 215 g/mol. The van der Waals surface area contributed by atoms with Crippen LogP contribution < -0.4 is 0 Å². The Labute approximate surface area is 84.4 Å². The molecule has 3 unspecified atom stereocenters. The lowest BCUT2D eigenvalue weighted by Gasteiger charge is -2.36. The fraction of sp³-hybridized carbons (Fsp3) is 0.625. The highest BCUT2D eigenvalue weighted by Crippen LogP contribution is 2.49. The van der Waals surface area contributed by atoms with Crippen LogP contribution in [0.15, 0.2) is 0 Å². The van der Waals surface area contributed by atoms with E-state index in [9.17, 15) is 14.4 Å². The number of carbonyl (C=O) groups excluding carboxylic acids is 2. The van der Waals surface area contributed by atoms with Gasteiger partial charge in [0.05, 0.1) is 11.8 Å². The van der Waals surface area contributed by atoms with Gasteiger partial charge in [0.15, 0.2) is 6.04 Å². The molecule has 2 aliphatic rings. The Bertz CT molecular complexity index is 331. The summed E-state index contributed by atoms with van der Waals surface area (Å²) in [6, 6.07) is -1.00. The van der Waals surface area contributed by atoms with Crippen LogP contribution in [0.3, 0.4) is 0 Å². The van der Waals surface area contributed by atoms with Gasteiger partial charge >= 0.3 is 5.97 Å². The number of β-lactam (4-membered cyclic amide) rings is 1. The summed E-state index contributed by atoms with van der Waals surface area (Å²) >= 11 is 1.26. The lowest BCUT2D eigenvalue weighted by molar-refractivity contribution is -0.157. The average Bonchev–Trinajstić information content (AvgIpc) is 2.35. The number of aldehydes is 1. The molecule has 0 aliphatic carbocycles. The predicted molar refractivity (Wildman–Crippen MR) is 48.7 cm³/mol. The smallest absolute Gasteiger partial charge is 0.328 e. The standard InChI is InChI=1S/C8H9NO4S/c1-8(3-10)6(7(12)13)9-4(11)2-5(9)14-8/h3,5-6H,2H2,1H3,(H,12,13). The van der Waals surface area contributed by atoms with E-state index < -0.39 is 16.8 Å². The zero-order valence-corrected chi connectivity index (χ0v) is 8.28. The maximum Gasteiger partial charge on any atom is 0.328 e. The number of carboxylic acid groups (broad SMARTS) is 1. The van der Waals surface area contributed by atoms with Gasteiger partial charge in [0.1, 0.15) is 11.0 Å². The Balaban J connectivity index is 2.35. The molecule has 0 aromatic carbocycles. The first-order chi connectivity index (χ1) is 6.49. The van der Waals surface area contributed by atoms with Crippen LogP contribution in [0, 0.1) is 0 Å². The molecule has 5 nitrogen and oxygen atoms in total. The maximum absolute atomic E-state index is 11.2. The van der Waals surface area contributed by atoms with Crippen molar-refractivity contribution in [2.75, 3.05) is 0 Å². The molecule has 0 saturated carbocycles. The molecule has 6 heteroatoms. The molecule has 2 rings (SSSR count). The summed E-state index contributed by atoms with van der Waals surface area (Å²) in [5.74, 6) is -1.29. The third-order valence-electron chi connectivity index (χ3n) is 2.63. The van der Waals surface area contributed by atoms with E-state index in [1.54, 1.807) is 6.92 Å². The monoisotopic (exact) mass is 215 g/mol. The zero-order valence-electron chi connectivity index (χ0n) is 7.47. The number of hydrogen-bond acceptors (Lipinski definition) is 4. The van der Waals surface area contributed by atoms with Gasteiger partial charge in [-0.05, 0) is 6.92 Å². The van der Waals surface area contributed by atoms with Crippen LogP contribution >= 0.6 is 11.8 Å². The third-order valence-corrected chi connectivity index (χ3v) is 4.12. The Hall–Kier alpha value is -1.04. The predicted octanol–water partition coefficient (Wildman–Crippen LogP) is -0.298. The van der Waals surface area contributed by atoms with Gasteiger partial charge in [-0.25, -0.2) is 4.79 Å². The van der Waals surface area contributed by atoms with Gasteiger partial charge in [-0.3, -0.25) is 4.79 Å². The number of amides is 1. The van der Waals surface area contributed by atoms with Crippen LogP contribution in [0.25, 0.3) is 0 Å². The SMILES string of the molecule is CC1(C=O)SC2CC(=O)N2C1C(=O)O. The fourth-order valence-electron chi connectivity index (χ4n) is 1.90. The quantitative estimate of drug-likeness (QED) is 0.505. The van der Waals surface area contributed by atoms with Gasteiger partial charge in [0.25, 0.3) is 0 Å². The van der Waals surface area contributed by atoms with Crippen LogP contribution in [0.5, 0.6) is 0 Å². The van der Waals surface area contributed by atoms with Crippen LogP contribution in [-0.4, -0.2) is 44.3 Å². The van der Waals surface area contributed by atoms with E-state index in [1.807, 2.05) is 0 Å². The highest BCUT2D eigenvalue weighted by Gasteiger charge is 2.60. The van der Waals surface area contributed by atoms with Gasteiger partial charge in [-0.1, -0.05) is 0 Å². The summed E-state index contributed by atoms with van der Waals surface area (Å²) in [6.07, 6.45) is 0.972. The molecule has 14 heavy (non-hydrogen) atoms. The second-order valence-corrected chi connectivity index (χ2v) is 5.28. The summed E-state index contributed by atoms with van der Waals surface area (Å²) < 4.78 is -0.997. The number of rotatable bonds is 2. The number of thioether (sulfide) groups is 1. The minimum absolute atomic E-state index is 0.126. The van der Waals surface area contributed by atoms with Gasteiger partial charge in [0, 0.05) is 0 Å². The number of fused-ring (bicyclic) bond motifs is 1. The van der Waals surface area contributed by atoms with Gasteiger partial charge in [0.2, 0.25) is 5.91 Å². The Kier molecular flexibility index (Phi) is 1.85. The number of carboxylic acids is 1. The third kappa shape index (κ3) is 1.00. The minimum Gasteiger partial charge on any atom is -0.480 e. The van der Waals surface area contributed by atoms with Crippen LogP contribution in [0.4, 0.5) is 0 Å². The van der Waals surface area contributed by atoms with E-state index in [4.69, 9.17) is 5.11 Å². The van der Waals surface area contributed by atoms with E-state index in [1.165, 1.54) is 16.7 Å². The molecule has 0 spiro atoms. The highest BCUT2D eigenvalue weighted by molar-refractivity contribution is 8.02. The van der Waals surface area contributed by atoms with Crippen molar-refractivity contribution in [2.24, 2.45) is 0 Å². The molecule has 1 amide bonds. The molecule has 2 saturated heterocycles. The summed E-state index contributed by atoms with van der Waals surface area (Å²) in [7, 11) is 0. The zero-order chi connectivity index (χ0) is 10.5. The maximum atomic E-state index is 11.2. The molecular weight excluding hydrogens is 206 g/mol. The number of aliphatic carboxylic acids is 1. The lowest BCUT2D eigenvalue weighted by Crippen LogP contribution is -2.57. The first kappa shape index (κ1) is 9.51. The Morgan fingerprint density at radius 1 is 1.79 bits per heavy atom. The summed E-state index contributed by atoms with van der Waals surface area (Å²) in [5.41, 5.74) is 0. The number of hydrogen-bond donors (Lipinski definition) is 1. The molecule has 2 heterocycles. The van der Waals surface area contributed by atoms with Crippen LogP contribution in [0.2, 0.25) is 0 Å². The van der Waals surface area contributed by atoms with Gasteiger partial charge in [-0.2, -0.15) is 0 Å². The molecule has 3 atom stereocenters. The number of carbonyl (C=O) groups is 3. The van der Waals surface area contributed by atoms with Crippen molar-refractivity contribution >= 4 is 29.9 Å². The summed E-state index contributed by atoms with van der Waals surface area (Å²) in [4.78, 5) is 34.2. The second-order valence-electron chi connectivity index (χ2n) is 3.62. The molecule has 2 aliphatic heterocycles. The summed E-state index contributed by atoms with van der Waals surface area (Å²) in [6.45, 7) is 1.56.